The highest BCUT2D eigenvalue weighted by molar-refractivity contribution is 5.87. The van der Waals surface area contributed by atoms with E-state index in [0.29, 0.717) is 84.8 Å². The molecular formula is C75H47N11O4. The van der Waals surface area contributed by atoms with Gasteiger partial charge in [-0.25, -0.2) is 44.0 Å². The summed E-state index contributed by atoms with van der Waals surface area (Å²) in [5, 5.41) is 0. The van der Waals surface area contributed by atoms with Gasteiger partial charge < -0.3 is 0 Å². The number of benzene rings is 10. The molecule has 15 heteroatoms. The molecule has 0 aliphatic heterocycles. The fourth-order valence-corrected chi connectivity index (χ4v) is 11.3. The van der Waals surface area contributed by atoms with Gasteiger partial charge in [0.1, 0.15) is 0 Å². The Balaban J connectivity index is 0.867. The number of para-hydroxylation sites is 3. The van der Waals surface area contributed by atoms with Crippen LogP contribution in [0.15, 0.2) is 304 Å². The maximum absolute atomic E-state index is 15.1. The second-order valence-corrected chi connectivity index (χ2v) is 21.2. The molecule has 0 spiro atoms. The van der Waals surface area contributed by atoms with Gasteiger partial charge in [0.2, 0.25) is 11.9 Å². The van der Waals surface area contributed by atoms with Gasteiger partial charge in [-0.2, -0.15) is 0 Å². The van der Waals surface area contributed by atoms with Crippen LogP contribution in [0.25, 0.3) is 136 Å². The third kappa shape index (κ3) is 10.0. The van der Waals surface area contributed by atoms with Crippen molar-refractivity contribution in [2.45, 2.75) is 0 Å². The molecule has 0 bridgehead atoms. The Kier molecular flexibility index (Phi) is 13.7. The van der Waals surface area contributed by atoms with Gasteiger partial charge in [0.05, 0.1) is 50.5 Å². The molecule has 0 radical (unpaired) electrons. The Morgan fingerprint density at radius 1 is 0.200 bits per heavy atom. The Morgan fingerprint density at radius 3 is 1.00 bits per heavy atom. The Morgan fingerprint density at radius 2 is 0.522 bits per heavy atom. The summed E-state index contributed by atoms with van der Waals surface area (Å²) in [6, 6.07) is 88.6. The van der Waals surface area contributed by atoms with Crippen LogP contribution in [0.1, 0.15) is 0 Å². The van der Waals surface area contributed by atoms with E-state index in [0.717, 1.165) is 38.9 Å². The summed E-state index contributed by atoms with van der Waals surface area (Å²) in [6.45, 7) is 0. The first kappa shape index (κ1) is 53.9. The van der Waals surface area contributed by atoms with Crippen LogP contribution in [0.3, 0.4) is 0 Å². The highest BCUT2D eigenvalue weighted by Gasteiger charge is 2.24. The Labute approximate surface area is 512 Å². The minimum Gasteiger partial charge on any atom is -0.271 e. The third-order valence-electron chi connectivity index (χ3n) is 15.6. The van der Waals surface area contributed by atoms with Crippen molar-refractivity contribution in [3.05, 3.63) is 327 Å². The normalized spacial score (nSPS) is 11.3. The Bertz CT molecular complexity index is 5400. The summed E-state index contributed by atoms with van der Waals surface area (Å²) in [7, 11) is 0. The quantitative estimate of drug-likeness (QED) is 0.106. The van der Waals surface area contributed by atoms with Crippen molar-refractivity contribution in [1.29, 1.82) is 0 Å². The molecule has 5 heterocycles. The van der Waals surface area contributed by atoms with Gasteiger partial charge in [-0.1, -0.05) is 218 Å². The number of hydrogen-bond acceptors (Lipinski definition) is 11. The zero-order valence-corrected chi connectivity index (χ0v) is 47.7. The molecule has 0 atom stereocenters. The van der Waals surface area contributed by atoms with Crippen LogP contribution in [-0.2, 0) is 0 Å². The van der Waals surface area contributed by atoms with Crippen molar-refractivity contribution in [2.24, 2.45) is 0 Å². The molecule has 0 saturated heterocycles. The van der Waals surface area contributed by atoms with E-state index in [2.05, 4.69) is 0 Å². The fraction of sp³-hybridized carbons (Fsp3) is 0. The van der Waals surface area contributed by atoms with E-state index in [-0.39, 0.29) is 11.9 Å². The molecule has 10 aromatic carbocycles. The van der Waals surface area contributed by atoms with E-state index in [1.165, 1.54) is 18.3 Å². The van der Waals surface area contributed by atoms with Crippen molar-refractivity contribution >= 4 is 22.1 Å². The van der Waals surface area contributed by atoms with Crippen LogP contribution < -0.4 is 22.2 Å². The van der Waals surface area contributed by atoms with Crippen molar-refractivity contribution in [3.63, 3.8) is 0 Å². The van der Waals surface area contributed by atoms with E-state index in [1.807, 2.05) is 243 Å². The SMILES string of the molecule is O=c1c(=O)n(-c2ccccc2)c2cc(-c3cccc(-c4cc(-c5ccccc5)nc(-n5c(=O)c(=O)n(-c6nc(-c7ccccc7)cc(-c7ccccc7)n6)c6ccccc65)n4)c3)ccc2n1-c1cccc(-c2nc(-c3ccccc3)nc(-c3ccccc3)n2)c1. The van der Waals surface area contributed by atoms with E-state index in [9.17, 15) is 14.4 Å². The molecule has 426 valence electrons. The second kappa shape index (κ2) is 22.9. The zero-order valence-electron chi connectivity index (χ0n) is 47.7. The first-order valence-corrected chi connectivity index (χ1v) is 29.0. The molecule has 0 fully saturated rings. The molecule has 0 saturated carbocycles. The average Bonchev–Trinajstić information content (AvgIpc) is 0.988. The summed E-state index contributed by atoms with van der Waals surface area (Å²) < 4.78 is 5.40. The van der Waals surface area contributed by atoms with Crippen LogP contribution in [-0.4, -0.2) is 53.2 Å². The number of fused-ring (bicyclic) bond motifs is 2. The van der Waals surface area contributed by atoms with Gasteiger partial charge in [-0.15, -0.1) is 0 Å². The predicted octanol–water partition coefficient (Wildman–Crippen LogP) is 13.7. The lowest BCUT2D eigenvalue weighted by atomic mass is 10.00. The molecule has 0 aliphatic rings. The molecule has 5 aromatic heterocycles. The first-order chi connectivity index (χ1) is 44.3. The molecule has 0 aliphatic carbocycles. The van der Waals surface area contributed by atoms with Crippen molar-refractivity contribution in [3.8, 4) is 114 Å². The van der Waals surface area contributed by atoms with Gasteiger partial charge >= 0.3 is 22.2 Å². The lowest BCUT2D eigenvalue weighted by molar-refractivity contribution is 0.839. The number of aromatic nitrogens is 11. The zero-order chi connectivity index (χ0) is 60.7. The van der Waals surface area contributed by atoms with Crippen LogP contribution in [0.4, 0.5) is 0 Å². The Hall–Kier alpha value is -12.8. The number of nitrogens with zero attached hydrogens (tertiary/aromatic N) is 11. The summed E-state index contributed by atoms with van der Waals surface area (Å²) in [5.41, 5.74) is 7.99. The van der Waals surface area contributed by atoms with Crippen LogP contribution in [0.2, 0.25) is 0 Å². The first-order valence-electron chi connectivity index (χ1n) is 29.0. The molecular weight excluding hydrogens is 1120 g/mol. The molecule has 15 nitrogen and oxygen atoms in total. The lowest BCUT2D eigenvalue weighted by Crippen LogP contribution is -2.41. The number of rotatable bonds is 12. The minimum atomic E-state index is -0.917. The number of hydrogen-bond donors (Lipinski definition) is 0. The van der Waals surface area contributed by atoms with Gasteiger partial charge in [-0.3, -0.25) is 28.3 Å². The maximum atomic E-state index is 15.1. The maximum Gasteiger partial charge on any atom is 0.324 e. The van der Waals surface area contributed by atoms with Gasteiger partial charge in [0, 0.05) is 44.6 Å². The largest absolute Gasteiger partial charge is 0.324 e. The monoisotopic (exact) mass is 1170 g/mol. The fourth-order valence-electron chi connectivity index (χ4n) is 11.3. The molecule has 0 amide bonds. The molecule has 0 unspecified atom stereocenters. The predicted molar refractivity (Wildman–Crippen MR) is 352 cm³/mol. The standard InChI is InChI=1S/C75H47N11O4/c87-70-71(88)84(58-38-22-35-56(44-58)69-81-67(51-29-13-4-14-30-51)80-68(82-69)52-31-15-5-16-32-52)65-42-41-54(45-66(65)83(70)57-36-17-6-18-37-57)53-33-21-34-55(43-53)62-47-61(50-27-11-3-12-28-50)78-75(79-62)86-64-40-20-19-39-63(64)85(72(89)73(86)90)74-76-59(48-23-7-1-8-24-48)46-60(77-74)49-25-9-2-10-26-49/h1-47H. The lowest BCUT2D eigenvalue weighted by Gasteiger charge is -2.17. The van der Waals surface area contributed by atoms with Gasteiger partial charge in [0.25, 0.3) is 0 Å². The van der Waals surface area contributed by atoms with Crippen molar-refractivity contribution < 1.29 is 0 Å². The van der Waals surface area contributed by atoms with Crippen LogP contribution >= 0.6 is 0 Å². The summed E-state index contributed by atoms with van der Waals surface area (Å²) >= 11 is 0. The molecule has 90 heavy (non-hydrogen) atoms. The molecule has 0 N–H and O–H groups in total. The summed E-state index contributed by atoms with van der Waals surface area (Å²) in [6.07, 6.45) is 0. The molecule has 15 aromatic rings. The topological polar surface area (TPSA) is 178 Å². The molecule has 15 rings (SSSR count). The van der Waals surface area contributed by atoms with Crippen molar-refractivity contribution in [2.75, 3.05) is 0 Å². The van der Waals surface area contributed by atoms with E-state index in [1.54, 1.807) is 42.5 Å². The third-order valence-corrected chi connectivity index (χ3v) is 15.6. The van der Waals surface area contributed by atoms with Gasteiger partial charge in [0.15, 0.2) is 17.5 Å². The highest BCUT2D eigenvalue weighted by atomic mass is 16.2. The van der Waals surface area contributed by atoms with E-state index in [4.69, 9.17) is 34.9 Å². The minimum absolute atomic E-state index is 0.0239. The summed E-state index contributed by atoms with van der Waals surface area (Å²) in [5.74, 6) is 1.34. The smallest absolute Gasteiger partial charge is 0.271 e. The van der Waals surface area contributed by atoms with E-state index >= 15 is 4.79 Å². The van der Waals surface area contributed by atoms with Crippen LogP contribution in [0.5, 0.6) is 0 Å². The van der Waals surface area contributed by atoms with Crippen LogP contribution in [0, 0.1) is 0 Å². The highest BCUT2D eigenvalue weighted by Crippen LogP contribution is 2.34. The second-order valence-electron chi connectivity index (χ2n) is 21.2. The van der Waals surface area contributed by atoms with Crippen molar-refractivity contribution in [1.82, 2.24) is 53.2 Å². The summed E-state index contributed by atoms with van der Waals surface area (Å²) in [4.78, 5) is 94.3. The van der Waals surface area contributed by atoms with E-state index < -0.39 is 22.2 Å². The van der Waals surface area contributed by atoms with Gasteiger partial charge in [-0.05, 0) is 77.9 Å². The average molecular weight is 1170 g/mol.